The van der Waals surface area contributed by atoms with Gasteiger partial charge in [0.1, 0.15) is 5.84 Å². The molecule has 0 bridgehead atoms. The molecule has 4 rings (SSSR count). The van der Waals surface area contributed by atoms with Gasteiger partial charge in [-0.25, -0.2) is 4.79 Å². The van der Waals surface area contributed by atoms with Crippen molar-refractivity contribution in [2.24, 2.45) is 4.99 Å². The molecular formula is C27H33F3N6O3. The first-order valence-corrected chi connectivity index (χ1v) is 12.4. The number of benzene rings is 1. The van der Waals surface area contributed by atoms with Crippen LogP contribution in [0.4, 0.5) is 13.2 Å². The third-order valence-electron chi connectivity index (χ3n) is 7.11. The molecule has 0 saturated carbocycles. The van der Waals surface area contributed by atoms with Crippen LogP contribution in [0.15, 0.2) is 52.5 Å². The van der Waals surface area contributed by atoms with E-state index in [2.05, 4.69) is 4.99 Å². The summed E-state index contributed by atoms with van der Waals surface area (Å²) in [4.78, 5) is 21.2. The van der Waals surface area contributed by atoms with Crippen LogP contribution < -0.4 is 5.69 Å². The number of imidazole rings is 1. The molecular weight excluding hydrogens is 513 g/mol. The third-order valence-corrected chi connectivity index (χ3v) is 7.11. The van der Waals surface area contributed by atoms with Crippen LogP contribution in [-0.4, -0.2) is 85.6 Å². The summed E-state index contributed by atoms with van der Waals surface area (Å²) in [6.07, 6.45) is -0.246. The van der Waals surface area contributed by atoms with Gasteiger partial charge < -0.3 is 14.4 Å². The van der Waals surface area contributed by atoms with Crippen LogP contribution in [0.5, 0.6) is 0 Å². The predicted molar refractivity (Wildman–Crippen MR) is 143 cm³/mol. The van der Waals surface area contributed by atoms with E-state index in [1.165, 1.54) is 23.3 Å². The fourth-order valence-electron chi connectivity index (χ4n) is 4.83. The lowest BCUT2D eigenvalue weighted by molar-refractivity contribution is -0.136. The number of likely N-dealkylation sites (N-methyl/N-ethyl adjacent to an activating group) is 1. The summed E-state index contributed by atoms with van der Waals surface area (Å²) >= 11 is 0. The number of rotatable bonds is 10. The van der Waals surface area contributed by atoms with Crippen molar-refractivity contribution in [2.75, 3.05) is 54.6 Å². The number of methoxy groups -OCH3 is 1. The van der Waals surface area contributed by atoms with Gasteiger partial charge in [0, 0.05) is 58.5 Å². The van der Waals surface area contributed by atoms with Gasteiger partial charge in [-0.15, -0.1) is 0 Å². The van der Waals surface area contributed by atoms with Crippen LogP contribution in [0.25, 0.3) is 11.2 Å². The van der Waals surface area contributed by atoms with Gasteiger partial charge in [0.25, 0.3) is 0 Å². The largest absolute Gasteiger partial charge is 0.418 e. The number of hydrogen-bond donors (Lipinski definition) is 1. The lowest BCUT2D eigenvalue weighted by atomic mass is 9.75. The predicted octanol–water partition coefficient (Wildman–Crippen LogP) is 3.41. The number of nitrogens with one attached hydrogen (secondary N) is 1. The van der Waals surface area contributed by atoms with Crippen molar-refractivity contribution in [1.82, 2.24) is 18.8 Å². The van der Waals surface area contributed by atoms with E-state index in [0.717, 1.165) is 16.0 Å². The zero-order valence-electron chi connectivity index (χ0n) is 22.5. The van der Waals surface area contributed by atoms with E-state index in [4.69, 9.17) is 14.9 Å². The first-order chi connectivity index (χ1) is 18.5. The van der Waals surface area contributed by atoms with Crippen molar-refractivity contribution in [3.63, 3.8) is 0 Å². The molecule has 3 heterocycles. The second kappa shape index (κ2) is 11.3. The van der Waals surface area contributed by atoms with E-state index in [-0.39, 0.29) is 12.1 Å². The Bertz CT molecular complexity index is 1420. The number of ether oxygens (including phenoxy) is 2. The standard InChI is InChI=1S/C27H33F3N6O3/c1-32-24(34(3)18-31)12-26(16-39-17-26)20-6-5-7-21(11-20)35-15-23-22(27(28,29)30)10-19(14-36(23)25(35)37)13-33(2)8-9-38-4/h5-7,10-11,14-15,18,31H,8-9,12-13,16-17H2,1-4H3. The quantitative estimate of drug-likeness (QED) is 0.311. The molecule has 9 nitrogen and oxygen atoms in total. The van der Waals surface area contributed by atoms with Gasteiger partial charge in [0.2, 0.25) is 0 Å². The lowest BCUT2D eigenvalue weighted by Crippen LogP contribution is -2.50. The lowest BCUT2D eigenvalue weighted by Gasteiger charge is -2.43. The van der Waals surface area contributed by atoms with E-state index in [9.17, 15) is 18.0 Å². The molecule has 39 heavy (non-hydrogen) atoms. The number of aromatic nitrogens is 2. The van der Waals surface area contributed by atoms with E-state index in [1.54, 1.807) is 45.3 Å². The molecule has 1 aliphatic heterocycles. The maximum Gasteiger partial charge on any atom is 0.418 e. The van der Waals surface area contributed by atoms with Crippen LogP contribution in [0.2, 0.25) is 0 Å². The van der Waals surface area contributed by atoms with Gasteiger partial charge in [0.15, 0.2) is 0 Å². The van der Waals surface area contributed by atoms with Crippen molar-refractivity contribution >= 4 is 17.7 Å². The van der Waals surface area contributed by atoms with Gasteiger partial charge >= 0.3 is 11.9 Å². The molecule has 0 atom stereocenters. The Kier molecular flexibility index (Phi) is 8.28. The smallest absolute Gasteiger partial charge is 0.383 e. The molecule has 2 aromatic heterocycles. The highest BCUT2D eigenvalue weighted by Crippen LogP contribution is 2.38. The van der Waals surface area contributed by atoms with Crippen molar-refractivity contribution in [1.29, 1.82) is 5.41 Å². The van der Waals surface area contributed by atoms with Gasteiger partial charge in [-0.2, -0.15) is 13.2 Å². The number of amidine groups is 1. The number of halogens is 3. The molecule has 0 amide bonds. The minimum absolute atomic E-state index is 0.212. The Labute approximate surface area is 224 Å². The SMILES string of the molecule is CN=C(CC1(c2cccc(-n3cc4c(C(F)(F)F)cc(CN(C)CCOC)cn4c3=O)c2)COC1)N(C)C=N. The Balaban J connectivity index is 1.77. The number of nitrogens with zero attached hydrogens (tertiary/aromatic N) is 5. The van der Waals surface area contributed by atoms with E-state index in [1.807, 2.05) is 17.0 Å². The summed E-state index contributed by atoms with van der Waals surface area (Å²) in [5.74, 6) is 0.697. The third kappa shape index (κ3) is 5.77. The molecule has 1 fully saturated rings. The minimum Gasteiger partial charge on any atom is -0.383 e. The fraction of sp³-hybridized carbons (Fsp3) is 0.444. The van der Waals surface area contributed by atoms with Gasteiger partial charge in [0.05, 0.1) is 42.9 Å². The highest BCUT2D eigenvalue weighted by atomic mass is 19.4. The highest BCUT2D eigenvalue weighted by molar-refractivity contribution is 5.92. The number of fused-ring (bicyclic) bond motifs is 1. The van der Waals surface area contributed by atoms with E-state index >= 15 is 0 Å². The van der Waals surface area contributed by atoms with Crippen LogP contribution in [0.1, 0.15) is 23.1 Å². The fourth-order valence-corrected chi connectivity index (χ4v) is 4.83. The molecule has 0 spiro atoms. The maximum atomic E-state index is 14.1. The zero-order chi connectivity index (χ0) is 28.4. The minimum atomic E-state index is -4.64. The Morgan fingerprint density at radius 3 is 2.59 bits per heavy atom. The number of aliphatic imine (C=N–C) groups is 1. The first kappa shape index (κ1) is 28.5. The van der Waals surface area contributed by atoms with Crippen LogP contribution >= 0.6 is 0 Å². The molecule has 1 aliphatic rings. The first-order valence-electron chi connectivity index (χ1n) is 12.4. The molecule has 0 aliphatic carbocycles. The summed E-state index contributed by atoms with van der Waals surface area (Å²) in [5.41, 5.74) is -0.395. The molecule has 210 valence electrons. The number of alkyl halides is 3. The van der Waals surface area contributed by atoms with Crippen molar-refractivity contribution in [2.45, 2.75) is 24.6 Å². The molecule has 1 saturated heterocycles. The van der Waals surface area contributed by atoms with Crippen molar-refractivity contribution in [3.05, 3.63) is 69.9 Å². The number of hydrogen-bond acceptors (Lipinski definition) is 6. The van der Waals surface area contributed by atoms with Gasteiger partial charge in [-0.3, -0.25) is 24.3 Å². The van der Waals surface area contributed by atoms with Crippen molar-refractivity contribution < 1.29 is 22.6 Å². The maximum absolute atomic E-state index is 14.1. The topological polar surface area (TPSA) is 87.6 Å². The highest BCUT2D eigenvalue weighted by Gasteiger charge is 2.42. The Hall–Kier alpha value is -3.48. The Morgan fingerprint density at radius 1 is 1.26 bits per heavy atom. The normalized spacial score (nSPS) is 15.5. The monoisotopic (exact) mass is 546 g/mol. The zero-order valence-corrected chi connectivity index (χ0v) is 22.5. The van der Waals surface area contributed by atoms with E-state index in [0.29, 0.717) is 49.9 Å². The average molecular weight is 547 g/mol. The van der Waals surface area contributed by atoms with Gasteiger partial charge in [-0.05, 0) is 36.4 Å². The molecule has 1 aromatic carbocycles. The summed E-state index contributed by atoms with van der Waals surface area (Å²) in [5, 5.41) is 7.56. The van der Waals surface area contributed by atoms with Crippen LogP contribution in [-0.2, 0) is 27.6 Å². The van der Waals surface area contributed by atoms with E-state index < -0.39 is 22.8 Å². The average Bonchev–Trinajstić information content (AvgIpc) is 3.22. The molecule has 1 N–H and O–H groups in total. The second-order valence-corrected chi connectivity index (χ2v) is 9.91. The van der Waals surface area contributed by atoms with Crippen molar-refractivity contribution in [3.8, 4) is 5.69 Å². The van der Waals surface area contributed by atoms with Crippen LogP contribution in [0.3, 0.4) is 0 Å². The molecule has 0 radical (unpaired) electrons. The number of pyridine rings is 1. The molecule has 0 unspecified atom stereocenters. The summed E-state index contributed by atoms with van der Waals surface area (Å²) in [7, 11) is 6.74. The van der Waals surface area contributed by atoms with Gasteiger partial charge in [-0.1, -0.05) is 12.1 Å². The van der Waals surface area contributed by atoms with Crippen LogP contribution in [0, 0.1) is 5.41 Å². The Morgan fingerprint density at radius 2 is 2.00 bits per heavy atom. The molecule has 12 heteroatoms. The molecule has 3 aromatic rings. The summed E-state index contributed by atoms with van der Waals surface area (Å²) < 4.78 is 55.2. The second-order valence-electron chi connectivity index (χ2n) is 9.91. The summed E-state index contributed by atoms with van der Waals surface area (Å²) in [6, 6.07) is 8.31. The summed E-state index contributed by atoms with van der Waals surface area (Å²) in [6.45, 7) is 2.04.